The zero-order valence-corrected chi connectivity index (χ0v) is 23.2. The minimum atomic E-state index is -3.44. The molecule has 1 aliphatic rings. The molecular weight excluding hydrogens is 480 g/mol. The van der Waals surface area contributed by atoms with E-state index in [1.807, 2.05) is 70.2 Å². The number of esters is 1. The Balaban J connectivity index is 1.84. The van der Waals surface area contributed by atoms with Crippen molar-refractivity contribution in [1.82, 2.24) is 4.72 Å². The molecule has 0 aliphatic heterocycles. The fourth-order valence-electron chi connectivity index (χ4n) is 4.02. The van der Waals surface area contributed by atoms with Crippen LogP contribution >= 0.6 is 0 Å². The Morgan fingerprint density at radius 1 is 1.14 bits per heavy atom. The zero-order chi connectivity index (χ0) is 26.8. The van der Waals surface area contributed by atoms with Crippen molar-refractivity contribution in [3.05, 3.63) is 53.6 Å². The van der Waals surface area contributed by atoms with E-state index in [2.05, 4.69) is 10.0 Å². The van der Waals surface area contributed by atoms with Crippen molar-refractivity contribution in [1.29, 1.82) is 0 Å². The van der Waals surface area contributed by atoms with Crippen molar-refractivity contribution in [3.8, 4) is 0 Å². The summed E-state index contributed by atoms with van der Waals surface area (Å²) in [4.78, 5) is 12.1. The van der Waals surface area contributed by atoms with Gasteiger partial charge in [0.05, 0.1) is 18.5 Å². The fraction of sp³-hybridized carbons (Fsp3) is 0.593. The van der Waals surface area contributed by atoms with Gasteiger partial charge in [-0.3, -0.25) is 0 Å². The molecular formula is C27H42N2O6S. The molecule has 0 amide bonds. The topological polar surface area (TPSA) is 103 Å². The Morgan fingerprint density at radius 2 is 1.83 bits per heavy atom. The first-order valence-electron chi connectivity index (χ1n) is 12.5. The molecule has 8 nitrogen and oxygen atoms in total. The molecule has 2 unspecified atom stereocenters. The van der Waals surface area contributed by atoms with Crippen LogP contribution < -0.4 is 10.0 Å². The lowest BCUT2D eigenvalue weighted by atomic mass is 9.96. The minimum Gasteiger partial charge on any atom is -0.464 e. The van der Waals surface area contributed by atoms with Crippen LogP contribution in [0, 0.1) is 0 Å². The highest BCUT2D eigenvalue weighted by Gasteiger charge is 2.36. The van der Waals surface area contributed by atoms with E-state index >= 15 is 0 Å². The number of sulfonamides is 1. The molecule has 0 heterocycles. The molecule has 0 saturated heterocycles. The lowest BCUT2D eigenvalue weighted by Crippen LogP contribution is -2.52. The maximum Gasteiger partial charge on any atom is 0.335 e. The van der Waals surface area contributed by atoms with Gasteiger partial charge in [0, 0.05) is 31.7 Å². The minimum absolute atomic E-state index is 0.332. The van der Waals surface area contributed by atoms with E-state index < -0.39 is 27.5 Å². The number of carbonyl (C=O) groups excluding carboxylic acids is 1. The molecule has 0 spiro atoms. The van der Waals surface area contributed by atoms with E-state index in [0.29, 0.717) is 26.1 Å². The second-order valence-electron chi connectivity index (χ2n) is 9.92. The van der Waals surface area contributed by atoms with Crippen molar-refractivity contribution in [2.75, 3.05) is 31.3 Å². The van der Waals surface area contributed by atoms with E-state index in [1.165, 1.54) is 0 Å². The van der Waals surface area contributed by atoms with Gasteiger partial charge in [0.1, 0.15) is 0 Å². The third kappa shape index (κ3) is 10.8. The van der Waals surface area contributed by atoms with Gasteiger partial charge < -0.3 is 19.5 Å². The molecule has 1 aliphatic carbocycles. The van der Waals surface area contributed by atoms with Crippen LogP contribution in [-0.4, -0.2) is 57.8 Å². The molecule has 0 saturated carbocycles. The Kier molecular flexibility index (Phi) is 11.2. The molecule has 0 aromatic heterocycles. The lowest BCUT2D eigenvalue weighted by molar-refractivity contribution is -0.156. The van der Waals surface area contributed by atoms with E-state index in [1.54, 1.807) is 6.92 Å². The van der Waals surface area contributed by atoms with Crippen molar-refractivity contribution in [2.24, 2.45) is 0 Å². The fourth-order valence-corrected chi connectivity index (χ4v) is 4.84. The molecule has 2 N–H and O–H groups in total. The van der Waals surface area contributed by atoms with Crippen molar-refractivity contribution in [2.45, 2.75) is 77.7 Å². The molecule has 0 fully saturated rings. The average molecular weight is 523 g/mol. The van der Waals surface area contributed by atoms with Crippen LogP contribution in [0.15, 0.2) is 48.1 Å². The van der Waals surface area contributed by atoms with E-state index in [4.69, 9.17) is 14.2 Å². The van der Waals surface area contributed by atoms with Gasteiger partial charge in [-0.05, 0) is 71.2 Å². The SMILES string of the molecule is CCOC(=O)C(Cc1ccc(NCCCC2=CCC(NS(C)(=O)=O)(OC(C)(C)C)C=C2)cc1)OCC. The van der Waals surface area contributed by atoms with E-state index in [0.717, 1.165) is 42.5 Å². The van der Waals surface area contributed by atoms with Gasteiger partial charge >= 0.3 is 5.97 Å². The first-order valence-corrected chi connectivity index (χ1v) is 14.4. The Labute approximate surface area is 216 Å². The zero-order valence-electron chi connectivity index (χ0n) is 22.4. The third-order valence-electron chi connectivity index (χ3n) is 5.34. The molecule has 1 aromatic rings. The monoisotopic (exact) mass is 522 g/mol. The summed E-state index contributed by atoms with van der Waals surface area (Å²) in [5.74, 6) is -0.332. The summed E-state index contributed by atoms with van der Waals surface area (Å²) in [5.41, 5.74) is 1.59. The number of nitrogens with one attached hydrogen (secondary N) is 2. The molecule has 0 radical (unpaired) electrons. The van der Waals surface area contributed by atoms with Crippen molar-refractivity contribution < 1.29 is 27.4 Å². The number of rotatable bonds is 14. The number of allylic oxidation sites excluding steroid dienone is 2. The quantitative estimate of drug-likeness (QED) is 0.213. The summed E-state index contributed by atoms with van der Waals surface area (Å²) >= 11 is 0. The van der Waals surface area contributed by atoms with Crippen LogP contribution in [0.1, 0.15) is 59.4 Å². The molecule has 2 atom stereocenters. The third-order valence-corrected chi connectivity index (χ3v) is 6.06. The highest BCUT2D eigenvalue weighted by molar-refractivity contribution is 7.88. The number of carbonyl (C=O) groups is 1. The van der Waals surface area contributed by atoms with Gasteiger partial charge in [0.15, 0.2) is 11.8 Å². The summed E-state index contributed by atoms with van der Waals surface area (Å²) in [5, 5.41) is 3.42. The Hall–Kier alpha value is -2.20. The van der Waals surface area contributed by atoms with Gasteiger partial charge in [0.2, 0.25) is 10.0 Å². The van der Waals surface area contributed by atoms with Crippen LogP contribution in [0.5, 0.6) is 0 Å². The molecule has 2 rings (SSSR count). The molecule has 36 heavy (non-hydrogen) atoms. The predicted molar refractivity (Wildman–Crippen MR) is 143 cm³/mol. The highest BCUT2D eigenvalue weighted by Crippen LogP contribution is 2.29. The standard InChI is InChI=1S/C27H42N2O6S/c1-7-33-24(25(30)34-8-2)20-22-11-13-23(14-12-22)28-19-9-10-21-15-17-27(18-16-21,29-36(6,31)32)35-26(3,4)5/h11-17,24,28-29H,7-10,18-20H2,1-6H3. The van der Waals surface area contributed by atoms with Gasteiger partial charge in [0.25, 0.3) is 0 Å². The first-order chi connectivity index (χ1) is 16.8. The predicted octanol–water partition coefficient (Wildman–Crippen LogP) is 4.34. The van der Waals surface area contributed by atoms with Gasteiger partial charge in [-0.2, -0.15) is 4.72 Å². The maximum atomic E-state index is 12.1. The summed E-state index contributed by atoms with van der Waals surface area (Å²) in [6.45, 7) is 10.9. The summed E-state index contributed by atoms with van der Waals surface area (Å²) in [6.07, 6.45) is 9.04. The second-order valence-corrected chi connectivity index (χ2v) is 11.7. The molecule has 9 heteroatoms. The van der Waals surface area contributed by atoms with E-state index in [9.17, 15) is 13.2 Å². The largest absolute Gasteiger partial charge is 0.464 e. The summed E-state index contributed by atoms with van der Waals surface area (Å²) in [7, 11) is -3.44. The van der Waals surface area contributed by atoms with Crippen LogP contribution in [0.4, 0.5) is 5.69 Å². The van der Waals surface area contributed by atoms with Gasteiger partial charge in [-0.15, -0.1) is 0 Å². The van der Waals surface area contributed by atoms with Gasteiger partial charge in [-0.25, -0.2) is 13.2 Å². The van der Waals surface area contributed by atoms with E-state index in [-0.39, 0.29) is 5.97 Å². The number of benzene rings is 1. The second kappa shape index (κ2) is 13.4. The van der Waals surface area contributed by atoms with Crippen LogP contribution in [0.2, 0.25) is 0 Å². The summed E-state index contributed by atoms with van der Waals surface area (Å²) in [6, 6.07) is 7.98. The van der Waals surface area contributed by atoms with Crippen LogP contribution in [0.25, 0.3) is 0 Å². The normalized spacial score (nSPS) is 19.0. The molecule has 1 aromatic carbocycles. The van der Waals surface area contributed by atoms with Crippen LogP contribution in [-0.2, 0) is 35.4 Å². The highest BCUT2D eigenvalue weighted by atomic mass is 32.2. The first kappa shape index (κ1) is 30.0. The smallest absolute Gasteiger partial charge is 0.335 e. The lowest BCUT2D eigenvalue weighted by Gasteiger charge is -2.38. The Morgan fingerprint density at radius 3 is 2.36 bits per heavy atom. The van der Waals surface area contributed by atoms with Crippen LogP contribution in [0.3, 0.4) is 0 Å². The number of anilines is 1. The number of hydrogen-bond acceptors (Lipinski definition) is 7. The van der Waals surface area contributed by atoms with Crippen molar-refractivity contribution in [3.63, 3.8) is 0 Å². The number of hydrogen-bond donors (Lipinski definition) is 2. The maximum absolute atomic E-state index is 12.1. The number of ether oxygens (including phenoxy) is 3. The van der Waals surface area contributed by atoms with Crippen molar-refractivity contribution >= 4 is 21.7 Å². The molecule has 202 valence electrons. The molecule has 0 bridgehead atoms. The summed E-state index contributed by atoms with van der Waals surface area (Å²) < 4.78 is 43.2. The average Bonchev–Trinajstić information content (AvgIpc) is 2.76. The Bertz CT molecular complexity index is 1010. The van der Waals surface area contributed by atoms with Gasteiger partial charge in [-0.1, -0.05) is 29.9 Å².